The van der Waals surface area contributed by atoms with E-state index in [0.29, 0.717) is 12.4 Å². The largest absolute Gasteiger partial charge is 0.481 e. The maximum Gasteiger partial charge on any atom is 0.244 e. The van der Waals surface area contributed by atoms with Gasteiger partial charge in [-0.15, -0.1) is 0 Å². The second-order valence-electron chi connectivity index (χ2n) is 3.69. The Morgan fingerprint density at radius 2 is 2.38 bits per heavy atom. The smallest absolute Gasteiger partial charge is 0.244 e. The number of amides is 1. The third-order valence-corrected chi connectivity index (χ3v) is 2.46. The molecule has 1 amide bonds. The van der Waals surface area contributed by atoms with E-state index in [1.165, 1.54) is 0 Å². The molecule has 16 heavy (non-hydrogen) atoms. The lowest BCUT2D eigenvalue weighted by atomic mass is 10.2. The maximum absolute atomic E-state index is 11.5. The fraction of sp³-hybridized carbons (Fsp3) is 0.455. The van der Waals surface area contributed by atoms with Gasteiger partial charge < -0.3 is 15.0 Å². The van der Waals surface area contributed by atoms with Crippen LogP contribution < -0.4 is 15.0 Å². The molecule has 0 saturated carbocycles. The Labute approximate surface area is 94.4 Å². The molecule has 5 nitrogen and oxygen atoms in total. The molecule has 0 aromatic carbocycles. The van der Waals surface area contributed by atoms with Crippen molar-refractivity contribution in [1.82, 2.24) is 4.98 Å². The first kappa shape index (κ1) is 10.7. The average molecular weight is 221 g/mol. The number of pyridine rings is 1. The first-order chi connectivity index (χ1) is 7.74. The summed E-state index contributed by atoms with van der Waals surface area (Å²) in [5, 5.41) is 2.80. The van der Waals surface area contributed by atoms with Gasteiger partial charge in [0.1, 0.15) is 0 Å². The fourth-order valence-corrected chi connectivity index (χ4v) is 1.78. The maximum atomic E-state index is 11.5. The summed E-state index contributed by atoms with van der Waals surface area (Å²) in [6.45, 7) is 3.26. The summed E-state index contributed by atoms with van der Waals surface area (Å²) in [4.78, 5) is 17.8. The molecular weight excluding hydrogens is 206 g/mol. The summed E-state index contributed by atoms with van der Waals surface area (Å²) in [6.07, 6.45) is 0.978. The minimum absolute atomic E-state index is 0.00733. The summed E-state index contributed by atoms with van der Waals surface area (Å²) in [5.74, 6) is 1.37. The minimum atomic E-state index is 0.00733. The topological polar surface area (TPSA) is 54.5 Å². The average Bonchev–Trinajstić information content (AvgIpc) is 2.29. The Kier molecular flexibility index (Phi) is 2.94. The number of hydrogen-bond acceptors (Lipinski definition) is 4. The number of rotatable bonds is 3. The van der Waals surface area contributed by atoms with Crippen LogP contribution in [0.25, 0.3) is 0 Å². The Balaban J connectivity index is 2.37. The van der Waals surface area contributed by atoms with Crippen molar-refractivity contribution in [1.29, 1.82) is 0 Å². The van der Waals surface area contributed by atoms with E-state index in [1.807, 2.05) is 11.0 Å². The van der Waals surface area contributed by atoms with Gasteiger partial charge in [-0.3, -0.25) is 4.79 Å². The molecule has 86 valence electrons. The van der Waals surface area contributed by atoms with Crippen molar-refractivity contribution in [2.75, 3.05) is 30.4 Å². The van der Waals surface area contributed by atoms with Gasteiger partial charge in [0, 0.05) is 12.6 Å². The Bertz CT molecular complexity index is 406. The monoisotopic (exact) mass is 221 g/mol. The third-order valence-electron chi connectivity index (χ3n) is 2.46. The van der Waals surface area contributed by atoms with Crippen LogP contribution in [0.1, 0.15) is 13.3 Å². The van der Waals surface area contributed by atoms with Gasteiger partial charge >= 0.3 is 0 Å². The molecule has 0 saturated heterocycles. The van der Waals surface area contributed by atoms with Gasteiger partial charge in [0.05, 0.1) is 19.3 Å². The number of hydrogen-bond donors (Lipinski definition) is 1. The summed E-state index contributed by atoms with van der Waals surface area (Å²) in [6, 6.07) is 3.56. The molecule has 1 aliphatic heterocycles. The van der Waals surface area contributed by atoms with Gasteiger partial charge in [-0.2, -0.15) is 4.98 Å². The van der Waals surface area contributed by atoms with Gasteiger partial charge in [0.25, 0.3) is 0 Å². The zero-order valence-electron chi connectivity index (χ0n) is 9.49. The zero-order chi connectivity index (χ0) is 11.5. The number of methoxy groups -OCH3 is 1. The second kappa shape index (κ2) is 4.38. The molecule has 0 fully saturated rings. The van der Waals surface area contributed by atoms with Gasteiger partial charge in [-0.25, -0.2) is 0 Å². The Morgan fingerprint density at radius 1 is 1.56 bits per heavy atom. The van der Waals surface area contributed by atoms with Crippen molar-refractivity contribution >= 4 is 17.4 Å². The molecule has 0 aliphatic carbocycles. The summed E-state index contributed by atoms with van der Waals surface area (Å²) >= 11 is 0. The number of carbonyl (C=O) groups is 1. The van der Waals surface area contributed by atoms with Crippen molar-refractivity contribution in [3.63, 3.8) is 0 Å². The molecule has 1 aromatic heterocycles. The van der Waals surface area contributed by atoms with Crippen LogP contribution in [0.5, 0.6) is 5.88 Å². The summed E-state index contributed by atoms with van der Waals surface area (Å²) in [5.41, 5.74) is 0.755. The quantitative estimate of drug-likeness (QED) is 0.834. The SMILES string of the molecule is CCCN1CC(=O)Nc2ccc(OC)nc21. The van der Waals surface area contributed by atoms with E-state index in [1.54, 1.807) is 13.2 Å². The second-order valence-corrected chi connectivity index (χ2v) is 3.69. The standard InChI is InChI=1S/C11H15N3O2/c1-3-6-14-7-9(15)12-8-4-5-10(16-2)13-11(8)14/h4-5H,3,6-7H2,1-2H3,(H,12,15). The highest BCUT2D eigenvalue weighted by Gasteiger charge is 2.22. The van der Waals surface area contributed by atoms with Gasteiger partial charge in [-0.05, 0) is 12.5 Å². The van der Waals surface area contributed by atoms with Crippen LogP contribution in [0.15, 0.2) is 12.1 Å². The van der Waals surface area contributed by atoms with E-state index in [-0.39, 0.29) is 5.91 Å². The van der Waals surface area contributed by atoms with Crippen LogP contribution >= 0.6 is 0 Å². The lowest BCUT2D eigenvalue weighted by molar-refractivity contribution is -0.115. The van der Waals surface area contributed by atoms with Crippen molar-refractivity contribution in [3.8, 4) is 5.88 Å². The van der Waals surface area contributed by atoms with Crippen LogP contribution in [0.2, 0.25) is 0 Å². The van der Waals surface area contributed by atoms with Crippen LogP contribution in [0, 0.1) is 0 Å². The molecule has 2 heterocycles. The van der Waals surface area contributed by atoms with Gasteiger partial charge in [0.15, 0.2) is 5.82 Å². The molecule has 0 bridgehead atoms. The van der Waals surface area contributed by atoms with E-state index in [4.69, 9.17) is 4.74 Å². The molecule has 2 rings (SSSR count). The fourth-order valence-electron chi connectivity index (χ4n) is 1.78. The van der Waals surface area contributed by atoms with Crippen LogP contribution in [-0.2, 0) is 4.79 Å². The van der Waals surface area contributed by atoms with Crippen molar-refractivity contribution in [2.45, 2.75) is 13.3 Å². The van der Waals surface area contributed by atoms with Crippen molar-refractivity contribution < 1.29 is 9.53 Å². The predicted molar refractivity (Wildman–Crippen MR) is 61.9 cm³/mol. The Hall–Kier alpha value is -1.78. The Morgan fingerprint density at radius 3 is 3.06 bits per heavy atom. The minimum Gasteiger partial charge on any atom is -0.481 e. The number of nitrogens with zero attached hydrogens (tertiary/aromatic N) is 2. The summed E-state index contributed by atoms with van der Waals surface area (Å²) < 4.78 is 5.08. The van der Waals surface area contributed by atoms with E-state index in [2.05, 4.69) is 17.2 Å². The van der Waals surface area contributed by atoms with Crippen LogP contribution in [0.4, 0.5) is 11.5 Å². The highest BCUT2D eigenvalue weighted by atomic mass is 16.5. The van der Waals surface area contributed by atoms with E-state index < -0.39 is 0 Å². The highest BCUT2D eigenvalue weighted by molar-refractivity contribution is 6.00. The first-order valence-corrected chi connectivity index (χ1v) is 5.34. The molecule has 1 N–H and O–H groups in total. The van der Waals surface area contributed by atoms with Gasteiger partial charge in [0.2, 0.25) is 11.8 Å². The van der Waals surface area contributed by atoms with E-state index >= 15 is 0 Å². The highest BCUT2D eigenvalue weighted by Crippen LogP contribution is 2.29. The molecule has 0 atom stereocenters. The van der Waals surface area contributed by atoms with Crippen molar-refractivity contribution in [2.24, 2.45) is 0 Å². The zero-order valence-corrected chi connectivity index (χ0v) is 9.49. The molecule has 1 aromatic rings. The molecular formula is C11H15N3O2. The molecule has 0 radical (unpaired) electrons. The molecule has 0 unspecified atom stereocenters. The van der Waals surface area contributed by atoms with Crippen LogP contribution in [-0.4, -0.2) is 31.1 Å². The van der Waals surface area contributed by atoms with E-state index in [0.717, 1.165) is 24.5 Å². The predicted octanol–water partition coefficient (Wildman–Crippen LogP) is 1.26. The number of carbonyl (C=O) groups excluding carboxylic acids is 1. The molecule has 0 spiro atoms. The molecule has 5 heteroatoms. The number of ether oxygens (including phenoxy) is 1. The number of anilines is 2. The normalized spacial score (nSPS) is 14.4. The van der Waals surface area contributed by atoms with Crippen LogP contribution in [0.3, 0.4) is 0 Å². The third kappa shape index (κ3) is 1.93. The lowest BCUT2D eigenvalue weighted by Gasteiger charge is -2.29. The first-order valence-electron chi connectivity index (χ1n) is 5.34. The number of nitrogens with one attached hydrogen (secondary N) is 1. The summed E-state index contributed by atoms with van der Waals surface area (Å²) in [7, 11) is 1.58. The molecule has 1 aliphatic rings. The van der Waals surface area contributed by atoms with Gasteiger partial charge in [-0.1, -0.05) is 6.92 Å². The number of fused-ring (bicyclic) bond motifs is 1. The van der Waals surface area contributed by atoms with E-state index in [9.17, 15) is 4.79 Å². The number of aromatic nitrogens is 1. The van der Waals surface area contributed by atoms with Crippen molar-refractivity contribution in [3.05, 3.63) is 12.1 Å². The lowest BCUT2D eigenvalue weighted by Crippen LogP contribution is -2.39.